The average Bonchev–Trinajstić information content (AvgIpc) is 2.67. The summed E-state index contributed by atoms with van der Waals surface area (Å²) in [7, 11) is 0. The number of carbonyl (C=O) groups excluding carboxylic acids is 2. The summed E-state index contributed by atoms with van der Waals surface area (Å²) in [6.07, 6.45) is 3.35. The Kier molecular flexibility index (Phi) is 5.81. The highest BCUT2D eigenvalue weighted by molar-refractivity contribution is 6.07. The Morgan fingerprint density at radius 3 is 2.50 bits per heavy atom. The monoisotopic (exact) mass is 350 g/mol. The van der Waals surface area contributed by atoms with E-state index in [1.165, 1.54) is 12.6 Å². The molecular weight excluding hydrogens is 328 g/mol. The molecule has 0 aromatic heterocycles. The number of nitrogens with zero attached hydrogens (tertiary/aromatic N) is 1. The molecule has 1 N–H and O–H groups in total. The van der Waals surface area contributed by atoms with Crippen molar-refractivity contribution in [3.05, 3.63) is 65.7 Å². The molecule has 0 saturated carbocycles. The van der Waals surface area contributed by atoms with Crippen LogP contribution >= 0.6 is 0 Å². The lowest BCUT2D eigenvalue weighted by molar-refractivity contribution is -0.114. The number of ketones is 1. The highest BCUT2D eigenvalue weighted by Gasteiger charge is 2.10. The Bertz CT molecular complexity index is 806. The highest BCUT2D eigenvalue weighted by atomic mass is 16.5. The average molecular weight is 350 g/mol. The van der Waals surface area contributed by atoms with E-state index in [4.69, 9.17) is 4.74 Å². The predicted octanol–water partition coefficient (Wildman–Crippen LogP) is 3.38. The van der Waals surface area contributed by atoms with Gasteiger partial charge in [0.2, 0.25) is 5.91 Å². The van der Waals surface area contributed by atoms with Crippen LogP contribution in [0.25, 0.3) is 6.08 Å². The first-order valence-electron chi connectivity index (χ1n) is 8.65. The molecule has 5 heteroatoms. The summed E-state index contributed by atoms with van der Waals surface area (Å²) < 4.78 is 5.37. The van der Waals surface area contributed by atoms with Gasteiger partial charge in [-0.1, -0.05) is 30.3 Å². The zero-order valence-electron chi connectivity index (χ0n) is 14.8. The molecule has 1 aliphatic heterocycles. The van der Waals surface area contributed by atoms with Crippen LogP contribution in [0.15, 0.2) is 54.6 Å². The van der Waals surface area contributed by atoms with E-state index in [9.17, 15) is 9.59 Å². The van der Waals surface area contributed by atoms with Gasteiger partial charge in [0.15, 0.2) is 5.78 Å². The molecule has 1 aliphatic rings. The van der Waals surface area contributed by atoms with Crippen LogP contribution in [-0.4, -0.2) is 38.0 Å². The number of morpholine rings is 1. The summed E-state index contributed by atoms with van der Waals surface area (Å²) in [4.78, 5) is 25.8. The van der Waals surface area contributed by atoms with Gasteiger partial charge in [0, 0.05) is 37.0 Å². The third-order valence-corrected chi connectivity index (χ3v) is 4.16. The number of rotatable bonds is 5. The second-order valence-corrected chi connectivity index (χ2v) is 6.15. The van der Waals surface area contributed by atoms with E-state index in [1.54, 1.807) is 36.4 Å². The number of ether oxygens (including phenoxy) is 1. The molecule has 1 amide bonds. The Hall–Kier alpha value is -2.92. The van der Waals surface area contributed by atoms with Crippen LogP contribution in [0.4, 0.5) is 11.4 Å². The van der Waals surface area contributed by atoms with Crippen LogP contribution in [0.5, 0.6) is 0 Å². The van der Waals surface area contributed by atoms with Crippen molar-refractivity contribution in [2.75, 3.05) is 36.5 Å². The van der Waals surface area contributed by atoms with Crippen molar-refractivity contribution in [1.29, 1.82) is 0 Å². The van der Waals surface area contributed by atoms with Crippen LogP contribution in [-0.2, 0) is 9.53 Å². The molecule has 134 valence electrons. The van der Waals surface area contributed by atoms with Gasteiger partial charge in [-0.15, -0.1) is 0 Å². The van der Waals surface area contributed by atoms with Crippen LogP contribution in [0, 0.1) is 0 Å². The first-order valence-corrected chi connectivity index (χ1v) is 8.65. The molecule has 1 heterocycles. The van der Waals surface area contributed by atoms with Crippen molar-refractivity contribution in [3.63, 3.8) is 0 Å². The Balaban J connectivity index is 1.65. The molecule has 0 unspecified atom stereocenters. The molecule has 1 fully saturated rings. The van der Waals surface area contributed by atoms with Crippen molar-refractivity contribution in [2.24, 2.45) is 0 Å². The molecular formula is C21H22N2O3. The number of amides is 1. The standard InChI is InChI=1S/C21H22N2O3/c1-16(24)22-19-4-2-3-18(15-19)21(25)10-7-17-5-8-20(9-6-17)23-11-13-26-14-12-23/h2-10,15H,11-14H2,1H3,(H,22,24). The van der Waals surface area contributed by atoms with Crippen molar-refractivity contribution >= 4 is 29.1 Å². The van der Waals surface area contributed by atoms with Gasteiger partial charge < -0.3 is 15.0 Å². The molecule has 5 nitrogen and oxygen atoms in total. The maximum atomic E-state index is 12.3. The number of benzene rings is 2. The van der Waals surface area contributed by atoms with Gasteiger partial charge in [0.05, 0.1) is 13.2 Å². The molecule has 0 atom stereocenters. The van der Waals surface area contributed by atoms with E-state index in [-0.39, 0.29) is 11.7 Å². The van der Waals surface area contributed by atoms with Crippen LogP contribution < -0.4 is 10.2 Å². The van der Waals surface area contributed by atoms with E-state index < -0.39 is 0 Å². The fraction of sp³-hybridized carbons (Fsp3) is 0.238. The number of anilines is 2. The number of carbonyl (C=O) groups is 2. The van der Waals surface area contributed by atoms with Gasteiger partial charge in [-0.2, -0.15) is 0 Å². The SMILES string of the molecule is CC(=O)Nc1cccc(C(=O)C=Cc2ccc(N3CCOCC3)cc2)c1. The number of nitrogens with one attached hydrogen (secondary N) is 1. The zero-order valence-corrected chi connectivity index (χ0v) is 14.8. The topological polar surface area (TPSA) is 58.6 Å². The minimum absolute atomic E-state index is 0.102. The smallest absolute Gasteiger partial charge is 0.221 e. The third-order valence-electron chi connectivity index (χ3n) is 4.16. The second-order valence-electron chi connectivity index (χ2n) is 6.15. The first kappa shape index (κ1) is 17.9. The summed E-state index contributed by atoms with van der Waals surface area (Å²) in [5, 5.41) is 2.68. The second kappa shape index (κ2) is 8.45. The summed E-state index contributed by atoms with van der Waals surface area (Å²) >= 11 is 0. The fourth-order valence-corrected chi connectivity index (χ4v) is 2.84. The van der Waals surface area contributed by atoms with Crippen molar-refractivity contribution in [3.8, 4) is 0 Å². The molecule has 2 aromatic rings. The number of hydrogen-bond acceptors (Lipinski definition) is 4. The Labute approximate surface area is 153 Å². The molecule has 26 heavy (non-hydrogen) atoms. The van der Waals surface area contributed by atoms with E-state index in [0.717, 1.165) is 31.9 Å². The molecule has 2 aromatic carbocycles. The number of allylic oxidation sites excluding steroid dienone is 1. The van der Waals surface area contributed by atoms with Crippen LogP contribution in [0.2, 0.25) is 0 Å². The summed E-state index contributed by atoms with van der Waals surface area (Å²) in [6.45, 7) is 4.76. The van der Waals surface area contributed by atoms with Gasteiger partial charge in [0.25, 0.3) is 0 Å². The summed E-state index contributed by atoms with van der Waals surface area (Å²) in [5.74, 6) is -0.264. The lowest BCUT2D eigenvalue weighted by atomic mass is 10.1. The number of hydrogen-bond donors (Lipinski definition) is 1. The largest absolute Gasteiger partial charge is 0.378 e. The van der Waals surface area contributed by atoms with E-state index in [0.29, 0.717) is 11.3 Å². The van der Waals surface area contributed by atoms with E-state index >= 15 is 0 Å². The molecule has 0 bridgehead atoms. The fourth-order valence-electron chi connectivity index (χ4n) is 2.84. The molecule has 0 spiro atoms. The van der Waals surface area contributed by atoms with Gasteiger partial charge in [-0.05, 0) is 35.9 Å². The van der Waals surface area contributed by atoms with Gasteiger partial charge >= 0.3 is 0 Å². The van der Waals surface area contributed by atoms with Crippen molar-refractivity contribution in [1.82, 2.24) is 0 Å². The first-order chi connectivity index (χ1) is 12.6. The molecule has 0 radical (unpaired) electrons. The maximum absolute atomic E-state index is 12.3. The third kappa shape index (κ3) is 4.80. The quantitative estimate of drug-likeness (QED) is 0.663. The Morgan fingerprint density at radius 1 is 1.08 bits per heavy atom. The van der Waals surface area contributed by atoms with Crippen LogP contribution in [0.3, 0.4) is 0 Å². The van der Waals surface area contributed by atoms with E-state index in [2.05, 4.69) is 22.3 Å². The minimum Gasteiger partial charge on any atom is -0.378 e. The molecule has 3 rings (SSSR count). The predicted molar refractivity (Wildman–Crippen MR) is 104 cm³/mol. The summed E-state index contributed by atoms with van der Waals surface area (Å²) in [6, 6.07) is 15.1. The van der Waals surface area contributed by atoms with Crippen molar-refractivity contribution in [2.45, 2.75) is 6.92 Å². The van der Waals surface area contributed by atoms with Gasteiger partial charge in [-0.25, -0.2) is 0 Å². The van der Waals surface area contributed by atoms with Gasteiger partial charge in [0.1, 0.15) is 0 Å². The normalized spacial score (nSPS) is 14.4. The molecule has 0 aliphatic carbocycles. The molecule has 1 saturated heterocycles. The minimum atomic E-state index is -0.162. The van der Waals surface area contributed by atoms with Crippen molar-refractivity contribution < 1.29 is 14.3 Å². The highest BCUT2D eigenvalue weighted by Crippen LogP contribution is 2.18. The Morgan fingerprint density at radius 2 is 1.81 bits per heavy atom. The van der Waals surface area contributed by atoms with Crippen LogP contribution in [0.1, 0.15) is 22.8 Å². The summed E-state index contributed by atoms with van der Waals surface area (Å²) in [5.41, 5.74) is 3.29. The lowest BCUT2D eigenvalue weighted by Gasteiger charge is -2.28. The lowest BCUT2D eigenvalue weighted by Crippen LogP contribution is -2.36. The van der Waals surface area contributed by atoms with Gasteiger partial charge in [-0.3, -0.25) is 9.59 Å². The maximum Gasteiger partial charge on any atom is 0.221 e. The van der Waals surface area contributed by atoms with E-state index in [1.807, 2.05) is 12.1 Å². The zero-order chi connectivity index (χ0) is 18.4.